The molecular formula is C17H27ClN2O. The van der Waals surface area contributed by atoms with Crippen LogP contribution >= 0.6 is 11.6 Å². The molecule has 1 aliphatic heterocycles. The maximum atomic E-state index is 6.47. The van der Waals surface area contributed by atoms with Gasteiger partial charge in [-0.1, -0.05) is 24.6 Å². The maximum absolute atomic E-state index is 6.47. The molecule has 1 N–H and O–H groups in total. The van der Waals surface area contributed by atoms with Crippen LogP contribution in [0.4, 0.5) is 5.69 Å². The molecule has 1 saturated heterocycles. The molecule has 0 radical (unpaired) electrons. The van der Waals surface area contributed by atoms with Crippen LogP contribution in [0.2, 0.25) is 5.02 Å². The highest BCUT2D eigenvalue weighted by Crippen LogP contribution is 2.29. The highest BCUT2D eigenvalue weighted by molar-refractivity contribution is 6.33. The first-order valence-electron chi connectivity index (χ1n) is 8.10. The van der Waals surface area contributed by atoms with Gasteiger partial charge >= 0.3 is 0 Å². The van der Waals surface area contributed by atoms with E-state index in [1.54, 1.807) is 0 Å². The lowest BCUT2D eigenvalue weighted by atomic mass is 10.1. The van der Waals surface area contributed by atoms with E-state index >= 15 is 0 Å². The van der Waals surface area contributed by atoms with Gasteiger partial charge in [0, 0.05) is 26.2 Å². The Kier molecular flexibility index (Phi) is 6.81. The van der Waals surface area contributed by atoms with Crippen molar-refractivity contribution in [2.75, 3.05) is 31.1 Å². The monoisotopic (exact) mass is 310 g/mol. The van der Waals surface area contributed by atoms with Gasteiger partial charge in [-0.2, -0.15) is 0 Å². The van der Waals surface area contributed by atoms with Crippen LogP contribution in [-0.4, -0.2) is 32.3 Å². The molecule has 0 aliphatic carbocycles. The SMILES string of the molecule is CCCNCc1ccc(N2CCC(OCC)CC2)c(Cl)c1. The summed E-state index contributed by atoms with van der Waals surface area (Å²) >= 11 is 6.47. The third-order valence-electron chi connectivity index (χ3n) is 3.95. The van der Waals surface area contributed by atoms with Crippen LogP contribution in [-0.2, 0) is 11.3 Å². The third kappa shape index (κ3) is 4.87. The zero-order valence-corrected chi connectivity index (χ0v) is 14.0. The minimum atomic E-state index is 0.419. The summed E-state index contributed by atoms with van der Waals surface area (Å²) in [6, 6.07) is 6.43. The third-order valence-corrected chi connectivity index (χ3v) is 4.26. The van der Waals surface area contributed by atoms with Gasteiger partial charge in [0.1, 0.15) is 0 Å². The summed E-state index contributed by atoms with van der Waals surface area (Å²) in [4.78, 5) is 2.38. The molecule has 1 aromatic rings. The van der Waals surface area contributed by atoms with Crippen molar-refractivity contribution in [2.24, 2.45) is 0 Å². The summed E-state index contributed by atoms with van der Waals surface area (Å²) < 4.78 is 5.70. The minimum absolute atomic E-state index is 0.419. The standard InChI is InChI=1S/C17H27ClN2O/c1-3-9-19-13-14-5-6-17(16(18)12-14)20-10-7-15(8-11-20)21-4-2/h5-6,12,15,19H,3-4,7-11,13H2,1-2H3. The van der Waals surface area contributed by atoms with E-state index in [1.807, 2.05) is 0 Å². The zero-order chi connectivity index (χ0) is 15.1. The number of rotatable bonds is 7. The Labute approximate surface area is 133 Å². The normalized spacial score (nSPS) is 16.4. The molecule has 1 heterocycles. The Morgan fingerprint density at radius 2 is 2.05 bits per heavy atom. The Balaban J connectivity index is 1.92. The second-order valence-electron chi connectivity index (χ2n) is 5.60. The molecule has 118 valence electrons. The Morgan fingerprint density at radius 1 is 1.29 bits per heavy atom. The highest BCUT2D eigenvalue weighted by Gasteiger charge is 2.20. The van der Waals surface area contributed by atoms with Crippen molar-refractivity contribution >= 4 is 17.3 Å². The van der Waals surface area contributed by atoms with Gasteiger partial charge in [0.05, 0.1) is 16.8 Å². The van der Waals surface area contributed by atoms with Gasteiger partial charge in [0.25, 0.3) is 0 Å². The van der Waals surface area contributed by atoms with Gasteiger partial charge in [-0.25, -0.2) is 0 Å². The number of nitrogens with zero attached hydrogens (tertiary/aromatic N) is 1. The van der Waals surface area contributed by atoms with Gasteiger partial charge in [0.2, 0.25) is 0 Å². The molecule has 0 saturated carbocycles. The maximum Gasteiger partial charge on any atom is 0.0642 e. The zero-order valence-electron chi connectivity index (χ0n) is 13.2. The number of piperidine rings is 1. The molecule has 1 aromatic carbocycles. The quantitative estimate of drug-likeness (QED) is 0.774. The van der Waals surface area contributed by atoms with Crippen molar-refractivity contribution in [3.63, 3.8) is 0 Å². The largest absolute Gasteiger partial charge is 0.378 e. The molecule has 2 rings (SSSR count). The van der Waals surface area contributed by atoms with Crippen molar-refractivity contribution in [3.05, 3.63) is 28.8 Å². The second-order valence-corrected chi connectivity index (χ2v) is 6.01. The molecule has 3 nitrogen and oxygen atoms in total. The summed E-state index contributed by atoms with van der Waals surface area (Å²) in [6.07, 6.45) is 3.75. The van der Waals surface area contributed by atoms with E-state index in [1.165, 1.54) is 5.56 Å². The fourth-order valence-corrected chi connectivity index (χ4v) is 3.15. The Bertz CT molecular complexity index is 431. The molecule has 0 bridgehead atoms. The number of halogens is 1. The number of benzene rings is 1. The van der Waals surface area contributed by atoms with Crippen LogP contribution in [0.15, 0.2) is 18.2 Å². The van der Waals surface area contributed by atoms with E-state index in [2.05, 4.69) is 42.3 Å². The number of ether oxygens (including phenoxy) is 1. The van der Waals surface area contributed by atoms with E-state index in [4.69, 9.17) is 16.3 Å². The lowest BCUT2D eigenvalue weighted by molar-refractivity contribution is 0.0459. The number of hydrogen-bond acceptors (Lipinski definition) is 3. The fourth-order valence-electron chi connectivity index (χ4n) is 2.83. The van der Waals surface area contributed by atoms with E-state index in [0.29, 0.717) is 6.10 Å². The summed E-state index contributed by atoms with van der Waals surface area (Å²) in [5.41, 5.74) is 2.41. The van der Waals surface area contributed by atoms with Crippen LogP contribution < -0.4 is 10.2 Å². The van der Waals surface area contributed by atoms with Crippen molar-refractivity contribution < 1.29 is 4.74 Å². The van der Waals surface area contributed by atoms with Crippen LogP contribution in [0.1, 0.15) is 38.7 Å². The fraction of sp³-hybridized carbons (Fsp3) is 0.647. The molecule has 21 heavy (non-hydrogen) atoms. The smallest absolute Gasteiger partial charge is 0.0642 e. The molecule has 0 amide bonds. The first-order chi connectivity index (χ1) is 10.2. The molecule has 1 aliphatic rings. The Hall–Kier alpha value is -0.770. The van der Waals surface area contributed by atoms with Crippen molar-refractivity contribution in [1.82, 2.24) is 5.32 Å². The van der Waals surface area contributed by atoms with E-state index < -0.39 is 0 Å². The predicted octanol–water partition coefficient (Wildman–Crippen LogP) is 3.84. The molecule has 0 atom stereocenters. The van der Waals surface area contributed by atoms with Gasteiger partial charge in [0.15, 0.2) is 0 Å². The van der Waals surface area contributed by atoms with Crippen LogP contribution in [0.5, 0.6) is 0 Å². The summed E-state index contributed by atoms with van der Waals surface area (Å²) in [6.45, 7) is 9.04. The number of anilines is 1. The minimum Gasteiger partial charge on any atom is -0.378 e. The van der Waals surface area contributed by atoms with Crippen LogP contribution in [0.25, 0.3) is 0 Å². The van der Waals surface area contributed by atoms with E-state index in [9.17, 15) is 0 Å². The summed E-state index contributed by atoms with van der Waals surface area (Å²) in [7, 11) is 0. The number of nitrogens with one attached hydrogen (secondary N) is 1. The van der Waals surface area contributed by atoms with Gasteiger partial charge < -0.3 is 15.0 Å². The average molecular weight is 311 g/mol. The predicted molar refractivity (Wildman–Crippen MR) is 90.3 cm³/mol. The van der Waals surface area contributed by atoms with Gasteiger partial charge in [-0.15, -0.1) is 0 Å². The van der Waals surface area contributed by atoms with Crippen LogP contribution in [0.3, 0.4) is 0 Å². The molecule has 0 spiro atoms. The lowest BCUT2D eigenvalue weighted by Gasteiger charge is -2.34. The first-order valence-corrected chi connectivity index (χ1v) is 8.48. The molecule has 4 heteroatoms. The topological polar surface area (TPSA) is 24.5 Å². The van der Waals surface area contributed by atoms with E-state index in [-0.39, 0.29) is 0 Å². The summed E-state index contributed by atoms with van der Waals surface area (Å²) in [5.74, 6) is 0. The molecule has 1 fully saturated rings. The molecule has 0 unspecified atom stereocenters. The van der Waals surface area contributed by atoms with Crippen LogP contribution in [0, 0.1) is 0 Å². The average Bonchev–Trinajstić information content (AvgIpc) is 2.49. The molecule has 0 aromatic heterocycles. The summed E-state index contributed by atoms with van der Waals surface area (Å²) in [5, 5.41) is 4.27. The van der Waals surface area contributed by atoms with E-state index in [0.717, 1.165) is 62.8 Å². The van der Waals surface area contributed by atoms with Gasteiger partial charge in [-0.05, 0) is 50.4 Å². The number of hydrogen-bond donors (Lipinski definition) is 1. The van der Waals surface area contributed by atoms with Crippen molar-refractivity contribution in [3.8, 4) is 0 Å². The van der Waals surface area contributed by atoms with Crippen molar-refractivity contribution in [2.45, 2.75) is 45.8 Å². The van der Waals surface area contributed by atoms with Crippen molar-refractivity contribution in [1.29, 1.82) is 0 Å². The first kappa shape index (κ1) is 16.6. The van der Waals surface area contributed by atoms with Gasteiger partial charge in [-0.3, -0.25) is 0 Å². The lowest BCUT2D eigenvalue weighted by Crippen LogP contribution is -2.37. The highest BCUT2D eigenvalue weighted by atomic mass is 35.5. The second kappa shape index (κ2) is 8.62. The molecular weight excluding hydrogens is 284 g/mol. The Morgan fingerprint density at radius 3 is 2.67 bits per heavy atom.